The van der Waals surface area contributed by atoms with Crippen molar-refractivity contribution in [3.8, 4) is 33.7 Å². The SMILES string of the molecule is COC(=O)Nc1ccc(-c2cnn([C@H](Cc3cccc(OC)c3)c3ccc(-c4c(-n5cnnn5)ccc(Cl)c4F)c[n+]3[O-])c2)cc1. The first-order chi connectivity index (χ1) is 22.3. The molecule has 0 aliphatic rings. The Morgan fingerprint density at radius 3 is 2.59 bits per heavy atom. The molecule has 6 aromatic rings. The fourth-order valence-electron chi connectivity index (χ4n) is 5.10. The van der Waals surface area contributed by atoms with Gasteiger partial charge in [0.25, 0.3) is 0 Å². The molecule has 0 radical (unpaired) electrons. The number of nitrogens with one attached hydrogen (secondary N) is 1. The van der Waals surface area contributed by atoms with Crippen molar-refractivity contribution in [1.29, 1.82) is 0 Å². The van der Waals surface area contributed by atoms with Crippen molar-refractivity contribution in [2.24, 2.45) is 0 Å². The van der Waals surface area contributed by atoms with E-state index >= 15 is 4.39 Å². The summed E-state index contributed by atoms with van der Waals surface area (Å²) < 4.78 is 29.2. The molecular weight excluding hydrogens is 615 g/mol. The highest BCUT2D eigenvalue weighted by Crippen LogP contribution is 2.34. The monoisotopic (exact) mass is 640 g/mol. The van der Waals surface area contributed by atoms with Crippen LogP contribution < -0.4 is 14.8 Å². The van der Waals surface area contributed by atoms with Crippen LogP contribution in [0.3, 0.4) is 0 Å². The molecule has 0 saturated heterocycles. The number of carbonyl (C=O) groups excluding carboxylic acids is 1. The van der Waals surface area contributed by atoms with Gasteiger partial charge in [0, 0.05) is 29.9 Å². The molecule has 3 heterocycles. The molecule has 14 heteroatoms. The van der Waals surface area contributed by atoms with Gasteiger partial charge in [0.05, 0.1) is 42.3 Å². The summed E-state index contributed by atoms with van der Waals surface area (Å²) in [6.07, 6.45) is 5.99. The number of hydrogen-bond donors (Lipinski definition) is 1. The number of halogens is 2. The van der Waals surface area contributed by atoms with Crippen LogP contribution in [0.15, 0.2) is 97.7 Å². The molecule has 1 N–H and O–H groups in total. The Bertz CT molecular complexity index is 2000. The molecule has 0 aliphatic carbocycles. The average Bonchev–Trinajstić information content (AvgIpc) is 3.79. The van der Waals surface area contributed by atoms with Gasteiger partial charge in [-0.05, 0) is 64.0 Å². The molecule has 46 heavy (non-hydrogen) atoms. The predicted octanol–water partition coefficient (Wildman–Crippen LogP) is 5.64. The first kappa shape index (κ1) is 30.2. The summed E-state index contributed by atoms with van der Waals surface area (Å²) in [4.78, 5) is 11.6. The van der Waals surface area contributed by atoms with Crippen molar-refractivity contribution in [2.75, 3.05) is 19.5 Å². The number of nitrogens with zero attached hydrogens (tertiary/aromatic N) is 7. The Labute approximate surface area is 267 Å². The summed E-state index contributed by atoms with van der Waals surface area (Å²) in [5, 5.41) is 32.1. The lowest BCUT2D eigenvalue weighted by atomic mass is 10.00. The molecule has 3 aromatic carbocycles. The van der Waals surface area contributed by atoms with Gasteiger partial charge in [-0.2, -0.15) is 14.5 Å². The second-order valence-electron chi connectivity index (χ2n) is 10.2. The van der Waals surface area contributed by atoms with E-state index in [1.54, 1.807) is 48.3 Å². The third-order valence-corrected chi connectivity index (χ3v) is 7.67. The summed E-state index contributed by atoms with van der Waals surface area (Å²) in [7, 11) is 2.88. The van der Waals surface area contributed by atoms with Gasteiger partial charge < -0.3 is 14.7 Å². The van der Waals surface area contributed by atoms with Gasteiger partial charge in [-0.15, -0.1) is 5.10 Å². The maximum atomic E-state index is 15.4. The zero-order valence-corrected chi connectivity index (χ0v) is 25.3. The smallest absolute Gasteiger partial charge is 0.411 e. The zero-order chi connectivity index (χ0) is 32.2. The molecule has 1 atom stereocenters. The highest BCUT2D eigenvalue weighted by Gasteiger charge is 2.26. The van der Waals surface area contributed by atoms with Gasteiger partial charge in [-0.1, -0.05) is 35.9 Å². The van der Waals surface area contributed by atoms with Crippen molar-refractivity contribution in [3.63, 3.8) is 0 Å². The zero-order valence-electron chi connectivity index (χ0n) is 24.5. The minimum absolute atomic E-state index is 0.0757. The number of carbonyl (C=O) groups is 1. The fourth-order valence-corrected chi connectivity index (χ4v) is 5.26. The van der Waals surface area contributed by atoms with Crippen LogP contribution in [0.5, 0.6) is 5.75 Å². The summed E-state index contributed by atoms with van der Waals surface area (Å²) in [6, 6.07) is 20.5. The lowest BCUT2D eigenvalue weighted by Gasteiger charge is -2.19. The Morgan fingerprint density at radius 2 is 1.87 bits per heavy atom. The molecule has 0 unspecified atom stereocenters. The Balaban J connectivity index is 1.39. The van der Waals surface area contributed by atoms with Crippen LogP contribution in [0.1, 0.15) is 17.3 Å². The van der Waals surface area contributed by atoms with E-state index < -0.39 is 18.0 Å². The molecule has 3 aromatic heterocycles. The maximum Gasteiger partial charge on any atom is 0.411 e. The van der Waals surface area contributed by atoms with Crippen LogP contribution in [0, 0.1) is 11.0 Å². The number of methoxy groups -OCH3 is 2. The van der Waals surface area contributed by atoms with Crippen LogP contribution in [0.25, 0.3) is 27.9 Å². The molecule has 0 spiro atoms. The van der Waals surface area contributed by atoms with Gasteiger partial charge in [0.1, 0.15) is 18.1 Å². The average molecular weight is 641 g/mol. The largest absolute Gasteiger partial charge is 0.618 e. The third kappa shape index (κ3) is 6.21. The minimum Gasteiger partial charge on any atom is -0.618 e. The van der Waals surface area contributed by atoms with Gasteiger partial charge in [0.2, 0.25) is 5.69 Å². The number of hydrogen-bond acceptors (Lipinski definition) is 8. The molecule has 232 valence electrons. The Hall–Kier alpha value is -5.82. The molecule has 0 aliphatic heterocycles. The van der Waals surface area contributed by atoms with E-state index in [-0.39, 0.29) is 16.1 Å². The number of amides is 1. The molecule has 12 nitrogen and oxygen atoms in total. The first-order valence-corrected chi connectivity index (χ1v) is 14.3. The summed E-state index contributed by atoms with van der Waals surface area (Å²) in [5.41, 5.74) is 4.16. The van der Waals surface area contributed by atoms with Gasteiger partial charge >= 0.3 is 6.09 Å². The number of anilines is 1. The van der Waals surface area contributed by atoms with E-state index in [1.807, 2.05) is 42.6 Å². The highest BCUT2D eigenvalue weighted by atomic mass is 35.5. The molecule has 1 amide bonds. The highest BCUT2D eigenvalue weighted by molar-refractivity contribution is 6.31. The van der Waals surface area contributed by atoms with E-state index in [4.69, 9.17) is 16.3 Å². The second-order valence-corrected chi connectivity index (χ2v) is 10.6. The van der Waals surface area contributed by atoms with Gasteiger partial charge in [-0.3, -0.25) is 10.00 Å². The van der Waals surface area contributed by atoms with Crippen LogP contribution in [0.4, 0.5) is 14.9 Å². The van der Waals surface area contributed by atoms with E-state index in [0.717, 1.165) is 16.7 Å². The van der Waals surface area contributed by atoms with E-state index in [1.165, 1.54) is 30.4 Å². The second kappa shape index (κ2) is 13.0. The van der Waals surface area contributed by atoms with Crippen LogP contribution in [-0.2, 0) is 11.2 Å². The first-order valence-electron chi connectivity index (χ1n) is 13.9. The summed E-state index contributed by atoms with van der Waals surface area (Å²) >= 11 is 6.14. The van der Waals surface area contributed by atoms with Crippen molar-refractivity contribution in [2.45, 2.75) is 12.5 Å². The maximum absolute atomic E-state index is 15.4. The summed E-state index contributed by atoms with van der Waals surface area (Å²) in [5.74, 6) is -0.0326. The number of tetrazole rings is 1. The number of pyridine rings is 1. The van der Waals surface area contributed by atoms with Gasteiger partial charge in [0.15, 0.2) is 12.0 Å². The minimum atomic E-state index is -0.708. The van der Waals surface area contributed by atoms with Crippen molar-refractivity contribution < 1.29 is 23.4 Å². The van der Waals surface area contributed by atoms with E-state index in [9.17, 15) is 10.0 Å². The van der Waals surface area contributed by atoms with Crippen LogP contribution in [0.2, 0.25) is 5.02 Å². The molecule has 0 saturated carbocycles. The number of rotatable bonds is 9. The molecule has 0 fully saturated rings. The Morgan fingerprint density at radius 1 is 1.07 bits per heavy atom. The molecule has 6 rings (SSSR count). The number of benzene rings is 3. The quantitative estimate of drug-likeness (QED) is 0.158. The van der Waals surface area contributed by atoms with Crippen LogP contribution >= 0.6 is 11.6 Å². The van der Waals surface area contributed by atoms with Crippen molar-refractivity contribution in [1.82, 2.24) is 30.0 Å². The normalized spacial score (nSPS) is 11.7. The topological polar surface area (TPSA) is 136 Å². The standard InChI is InChI=1S/C32H26ClFN8O4/c1-45-25-5-3-4-20(14-25)15-29(40-17-23(16-36-40)21-6-9-24(10-7-21)37-32(43)46-2)27-12-8-22(18-42(27)44)30-28(41-19-35-38-39-41)13-11-26(33)31(30)34/h3-14,16-19,29H,15H2,1-2H3,(H,37,43)/t29-/m1/s1. The summed E-state index contributed by atoms with van der Waals surface area (Å²) in [6.45, 7) is 0. The molecular formula is C32H26ClFN8O4. The predicted molar refractivity (Wildman–Crippen MR) is 167 cm³/mol. The van der Waals surface area contributed by atoms with Gasteiger partial charge in [-0.25, -0.2) is 9.18 Å². The van der Waals surface area contributed by atoms with Crippen molar-refractivity contribution in [3.05, 3.63) is 125 Å². The van der Waals surface area contributed by atoms with E-state index in [0.29, 0.717) is 34.0 Å². The number of ether oxygens (including phenoxy) is 2. The lowest BCUT2D eigenvalue weighted by Crippen LogP contribution is -2.36. The Kier molecular flexibility index (Phi) is 8.57. The number of aromatic nitrogens is 7. The lowest BCUT2D eigenvalue weighted by molar-refractivity contribution is -0.615. The van der Waals surface area contributed by atoms with E-state index in [2.05, 4.69) is 30.7 Å². The fraction of sp³-hybridized carbons (Fsp3) is 0.125. The van der Waals surface area contributed by atoms with Crippen LogP contribution in [-0.4, -0.2) is 50.3 Å². The van der Waals surface area contributed by atoms with Crippen molar-refractivity contribution >= 4 is 23.4 Å². The third-order valence-electron chi connectivity index (χ3n) is 7.38. The molecule has 0 bridgehead atoms.